The molecule has 326 valence electrons. The Bertz CT molecular complexity index is 3580. The molecule has 0 saturated heterocycles. The average molecular weight is 882 g/mol. The van der Waals surface area contributed by atoms with E-state index in [1.807, 2.05) is 18.2 Å². The molecule has 69 heavy (non-hydrogen) atoms. The number of hydrogen-bond acceptors (Lipinski definition) is 2. The van der Waals surface area contributed by atoms with Gasteiger partial charge in [0.05, 0.1) is 11.1 Å². The lowest BCUT2D eigenvalue weighted by Crippen LogP contribution is -2.28. The van der Waals surface area contributed by atoms with E-state index in [-0.39, 0.29) is 5.75 Å². The Kier molecular flexibility index (Phi) is 10.6. The second-order valence-electron chi connectivity index (χ2n) is 17.8. The van der Waals surface area contributed by atoms with E-state index in [1.54, 1.807) is 6.07 Å². The second kappa shape index (κ2) is 17.7. The summed E-state index contributed by atoms with van der Waals surface area (Å²) in [6.45, 7) is 0. The van der Waals surface area contributed by atoms with Gasteiger partial charge in [-0.25, -0.2) is 0 Å². The Morgan fingerprint density at radius 1 is 0.275 bits per heavy atom. The zero-order valence-electron chi connectivity index (χ0n) is 38.0. The Morgan fingerprint density at radius 3 is 1.36 bits per heavy atom. The molecule has 0 amide bonds. The summed E-state index contributed by atoms with van der Waals surface area (Å²) in [5.74, 6) is 0.259. The number of para-hydroxylation sites is 2. The van der Waals surface area contributed by atoms with E-state index < -0.39 is 5.41 Å². The van der Waals surface area contributed by atoms with E-state index in [4.69, 9.17) is 0 Å². The fourth-order valence-electron chi connectivity index (χ4n) is 10.8. The molecule has 2 nitrogen and oxygen atoms in total. The monoisotopic (exact) mass is 881 g/mol. The highest BCUT2D eigenvalue weighted by atomic mass is 16.3. The first kappa shape index (κ1) is 41.5. The van der Waals surface area contributed by atoms with Crippen LogP contribution >= 0.6 is 0 Å². The van der Waals surface area contributed by atoms with Gasteiger partial charge < -0.3 is 10.0 Å². The van der Waals surface area contributed by atoms with Crippen LogP contribution in [0.25, 0.3) is 66.8 Å². The molecule has 0 aliphatic heterocycles. The summed E-state index contributed by atoms with van der Waals surface area (Å²) in [6.07, 6.45) is 0. The SMILES string of the molecule is Oc1ccccc1-c1cccc(-c2ccccc2N(c2cccc(-c3ccc(-c4ccccc4)cc3)c2)c2cccc(-c3cccc4c3-c3ccccc3C4(c3ccccc3)c3ccccc3)c2)c1. The zero-order chi connectivity index (χ0) is 46.2. The van der Waals surface area contributed by atoms with E-state index in [0.29, 0.717) is 0 Å². The lowest BCUT2D eigenvalue weighted by atomic mass is 9.67. The minimum Gasteiger partial charge on any atom is -0.507 e. The minimum atomic E-state index is -0.502. The third-order valence-electron chi connectivity index (χ3n) is 13.9. The molecule has 0 bridgehead atoms. The summed E-state index contributed by atoms with van der Waals surface area (Å²) in [4.78, 5) is 2.41. The molecule has 2 heteroatoms. The molecule has 11 aromatic carbocycles. The normalized spacial score (nSPS) is 12.2. The van der Waals surface area contributed by atoms with Crippen LogP contribution in [0.4, 0.5) is 17.1 Å². The molecule has 0 spiro atoms. The molecular formula is C67H47NO. The molecule has 1 N–H and O–H groups in total. The van der Waals surface area contributed by atoms with Crippen molar-refractivity contribution in [2.45, 2.75) is 5.41 Å². The average Bonchev–Trinajstić information content (AvgIpc) is 3.73. The van der Waals surface area contributed by atoms with Crippen molar-refractivity contribution in [2.75, 3.05) is 4.90 Å². The van der Waals surface area contributed by atoms with Crippen LogP contribution in [0.1, 0.15) is 22.3 Å². The Hall–Kier alpha value is -8.98. The molecule has 0 aromatic heterocycles. The van der Waals surface area contributed by atoms with Gasteiger partial charge in [-0.15, -0.1) is 0 Å². The number of fused-ring (bicyclic) bond motifs is 3. The standard InChI is InChI=1S/C67H47NO/c69-65-39-15-12-33-59(65)52-24-16-23-51(44-52)58-32-11-14-38-64(58)68(56-30-17-22-50(45-56)49-42-40-48(41-43-49)47-20-4-1-5-21-47)57-31-18-25-53(46-57)60-35-19-37-63-66(60)61-34-10-13-36-62(61)67(63,54-26-6-2-7-27-54)55-28-8-3-9-29-55/h1-46,69H. The van der Waals surface area contributed by atoms with Crippen molar-refractivity contribution >= 4 is 17.1 Å². The van der Waals surface area contributed by atoms with Gasteiger partial charge >= 0.3 is 0 Å². The van der Waals surface area contributed by atoms with Crippen molar-refractivity contribution in [1.29, 1.82) is 0 Å². The molecule has 0 fully saturated rings. The molecule has 0 unspecified atom stereocenters. The molecule has 12 rings (SSSR count). The molecule has 0 radical (unpaired) electrons. The third-order valence-corrected chi connectivity index (χ3v) is 13.9. The molecule has 1 aliphatic carbocycles. The maximum atomic E-state index is 10.9. The number of aromatic hydroxyl groups is 1. The number of hydrogen-bond donors (Lipinski definition) is 1. The number of anilines is 3. The third kappa shape index (κ3) is 7.31. The van der Waals surface area contributed by atoms with Gasteiger partial charge in [-0.05, 0) is 120 Å². The van der Waals surface area contributed by atoms with Crippen LogP contribution in [0.15, 0.2) is 279 Å². The van der Waals surface area contributed by atoms with E-state index in [0.717, 1.165) is 56.0 Å². The summed E-state index contributed by atoms with van der Waals surface area (Å²) >= 11 is 0. The lowest BCUT2D eigenvalue weighted by Gasteiger charge is -2.34. The van der Waals surface area contributed by atoms with Gasteiger partial charge in [0.15, 0.2) is 0 Å². The van der Waals surface area contributed by atoms with Crippen molar-refractivity contribution in [2.24, 2.45) is 0 Å². The van der Waals surface area contributed by atoms with E-state index in [1.165, 1.54) is 50.1 Å². The van der Waals surface area contributed by atoms with Gasteiger partial charge in [0, 0.05) is 22.5 Å². The van der Waals surface area contributed by atoms with Crippen molar-refractivity contribution in [3.63, 3.8) is 0 Å². The first-order valence-electron chi connectivity index (χ1n) is 23.6. The quantitative estimate of drug-likeness (QED) is 0.148. The van der Waals surface area contributed by atoms with Gasteiger partial charge in [-0.1, -0.05) is 237 Å². The van der Waals surface area contributed by atoms with Crippen molar-refractivity contribution in [3.8, 4) is 72.5 Å². The van der Waals surface area contributed by atoms with E-state index >= 15 is 0 Å². The van der Waals surface area contributed by atoms with E-state index in [9.17, 15) is 5.11 Å². The fourth-order valence-corrected chi connectivity index (χ4v) is 10.8. The van der Waals surface area contributed by atoms with Crippen LogP contribution in [-0.4, -0.2) is 5.11 Å². The number of phenols is 1. The molecule has 11 aromatic rings. The zero-order valence-corrected chi connectivity index (χ0v) is 38.0. The predicted molar refractivity (Wildman–Crippen MR) is 287 cm³/mol. The molecular weight excluding hydrogens is 835 g/mol. The van der Waals surface area contributed by atoms with Crippen LogP contribution in [0.3, 0.4) is 0 Å². The molecule has 1 aliphatic rings. The smallest absolute Gasteiger partial charge is 0.123 e. The lowest BCUT2D eigenvalue weighted by molar-refractivity contribution is 0.477. The van der Waals surface area contributed by atoms with Crippen LogP contribution in [0, 0.1) is 0 Å². The summed E-state index contributed by atoms with van der Waals surface area (Å²) < 4.78 is 0. The van der Waals surface area contributed by atoms with E-state index in [2.05, 4.69) is 260 Å². The van der Waals surface area contributed by atoms with Crippen LogP contribution in [-0.2, 0) is 5.41 Å². The summed E-state index contributed by atoms with van der Waals surface area (Å²) in [5, 5.41) is 10.9. The predicted octanol–water partition coefficient (Wildman–Crippen LogP) is 17.6. The summed E-state index contributed by atoms with van der Waals surface area (Å²) in [6, 6.07) is 100.0. The van der Waals surface area contributed by atoms with Crippen molar-refractivity contribution in [3.05, 3.63) is 301 Å². The summed E-state index contributed by atoms with van der Waals surface area (Å²) in [7, 11) is 0. The van der Waals surface area contributed by atoms with Crippen LogP contribution in [0.2, 0.25) is 0 Å². The number of nitrogens with zero attached hydrogens (tertiary/aromatic N) is 1. The summed E-state index contributed by atoms with van der Waals surface area (Å²) in [5.41, 5.74) is 21.0. The Balaban J connectivity index is 1.04. The first-order chi connectivity index (χ1) is 34.1. The maximum absolute atomic E-state index is 10.9. The fraction of sp³-hybridized carbons (Fsp3) is 0.0149. The number of phenolic OH excluding ortho intramolecular Hbond substituents is 1. The van der Waals surface area contributed by atoms with Crippen LogP contribution in [0.5, 0.6) is 5.75 Å². The van der Waals surface area contributed by atoms with Gasteiger partial charge in [0.25, 0.3) is 0 Å². The first-order valence-corrected chi connectivity index (χ1v) is 23.6. The van der Waals surface area contributed by atoms with Crippen molar-refractivity contribution < 1.29 is 5.11 Å². The second-order valence-corrected chi connectivity index (χ2v) is 17.8. The highest BCUT2D eigenvalue weighted by Crippen LogP contribution is 2.58. The van der Waals surface area contributed by atoms with Gasteiger partial charge in [-0.2, -0.15) is 0 Å². The highest BCUT2D eigenvalue weighted by molar-refractivity contribution is 5.97. The topological polar surface area (TPSA) is 23.5 Å². The Labute approximate surface area is 404 Å². The Morgan fingerprint density at radius 2 is 0.696 bits per heavy atom. The van der Waals surface area contributed by atoms with Crippen LogP contribution < -0.4 is 4.90 Å². The van der Waals surface area contributed by atoms with Gasteiger partial charge in [-0.3, -0.25) is 0 Å². The number of rotatable bonds is 10. The van der Waals surface area contributed by atoms with Crippen molar-refractivity contribution in [1.82, 2.24) is 0 Å². The highest BCUT2D eigenvalue weighted by Gasteiger charge is 2.46. The largest absolute Gasteiger partial charge is 0.507 e. The minimum absolute atomic E-state index is 0.259. The van der Waals surface area contributed by atoms with Gasteiger partial charge in [0.1, 0.15) is 5.75 Å². The number of benzene rings is 11. The molecule has 0 saturated carbocycles. The maximum Gasteiger partial charge on any atom is 0.123 e. The van der Waals surface area contributed by atoms with Gasteiger partial charge in [0.2, 0.25) is 0 Å². The molecule has 0 heterocycles. The molecule has 0 atom stereocenters.